The van der Waals surface area contributed by atoms with Crippen molar-refractivity contribution in [3.8, 4) is 0 Å². The fourth-order valence-corrected chi connectivity index (χ4v) is 4.35. The molecule has 3 N–H and O–H groups in total. The van der Waals surface area contributed by atoms with E-state index in [9.17, 15) is 8.42 Å². The number of aryl methyl sites for hydroxylation is 2. The highest BCUT2D eigenvalue weighted by Gasteiger charge is 2.34. The number of fused-ring (bicyclic) bond motifs is 1. The normalized spacial score (nSPS) is 18.6. The van der Waals surface area contributed by atoms with Gasteiger partial charge in [0.1, 0.15) is 0 Å². The summed E-state index contributed by atoms with van der Waals surface area (Å²) in [6.45, 7) is 3.32. The third-order valence-corrected chi connectivity index (χ3v) is 6.39. The van der Waals surface area contributed by atoms with Gasteiger partial charge < -0.3 is 11.1 Å². The van der Waals surface area contributed by atoms with Gasteiger partial charge in [-0.25, -0.2) is 12.7 Å². The largest absolute Gasteiger partial charge is 0.370 e. The van der Waals surface area contributed by atoms with Crippen molar-refractivity contribution in [1.82, 2.24) is 4.31 Å². The number of nitrogens with one attached hydrogen (secondary N) is 1. The third kappa shape index (κ3) is 4.40. The Morgan fingerprint density at radius 2 is 2.04 bits per heavy atom. The molecule has 1 fully saturated rings. The minimum atomic E-state index is -3.05. The number of nitrogens with two attached hydrogens (primary N) is 1. The van der Waals surface area contributed by atoms with E-state index in [2.05, 4.69) is 22.4 Å². The Bertz CT molecular complexity index is 715. The molecule has 0 saturated carbocycles. The van der Waals surface area contributed by atoms with Crippen molar-refractivity contribution in [3.05, 3.63) is 29.3 Å². The van der Waals surface area contributed by atoms with Gasteiger partial charge in [0.05, 0.1) is 5.75 Å². The summed E-state index contributed by atoms with van der Waals surface area (Å²) in [6.07, 6.45) is 3.52. The first-order valence-electron chi connectivity index (χ1n) is 8.14. The maximum absolute atomic E-state index is 11.7. The lowest BCUT2D eigenvalue weighted by atomic mass is 10.0. The SMILES string of the molecule is CCS(=O)(=O)N1CC(CN=C(N)Nc2ccc3c(c2)CCC3)C1.I. The summed E-state index contributed by atoms with van der Waals surface area (Å²) in [7, 11) is -3.05. The van der Waals surface area contributed by atoms with Crippen LogP contribution in [-0.4, -0.2) is 44.1 Å². The number of guanidine groups is 1. The van der Waals surface area contributed by atoms with Crippen molar-refractivity contribution in [2.45, 2.75) is 26.2 Å². The van der Waals surface area contributed by atoms with Gasteiger partial charge in [0, 0.05) is 31.2 Å². The number of rotatable bonds is 5. The number of hydrogen-bond donors (Lipinski definition) is 2. The Labute approximate surface area is 161 Å². The molecule has 0 bridgehead atoms. The highest BCUT2D eigenvalue weighted by Crippen LogP contribution is 2.25. The molecular weight excluding hydrogens is 439 g/mol. The van der Waals surface area contributed by atoms with Crippen LogP contribution in [0.3, 0.4) is 0 Å². The van der Waals surface area contributed by atoms with Crippen LogP contribution in [0.1, 0.15) is 24.5 Å². The maximum Gasteiger partial charge on any atom is 0.213 e. The quantitative estimate of drug-likeness (QED) is 0.395. The molecule has 2 aliphatic rings. The first kappa shape index (κ1) is 19.5. The fourth-order valence-electron chi connectivity index (χ4n) is 3.11. The van der Waals surface area contributed by atoms with Crippen LogP contribution in [0.25, 0.3) is 0 Å². The molecule has 0 aromatic heterocycles. The zero-order valence-corrected chi connectivity index (χ0v) is 17.0. The Balaban J connectivity index is 0.00000208. The standard InChI is InChI=1S/C16H24N4O2S.HI/c1-2-23(21,22)20-10-12(11-20)9-18-16(17)19-15-7-6-13-4-3-5-14(13)8-15;/h6-8,12H,2-5,9-11H2,1H3,(H3,17,18,19);1H. The van der Waals surface area contributed by atoms with E-state index < -0.39 is 10.0 Å². The van der Waals surface area contributed by atoms with Gasteiger partial charge in [-0.1, -0.05) is 6.07 Å². The smallest absolute Gasteiger partial charge is 0.213 e. The van der Waals surface area contributed by atoms with E-state index in [1.165, 1.54) is 21.9 Å². The lowest BCUT2D eigenvalue weighted by Gasteiger charge is -2.37. The molecular formula is C16H25IN4O2S. The van der Waals surface area contributed by atoms with Gasteiger partial charge in [-0.05, 0) is 49.4 Å². The van der Waals surface area contributed by atoms with Crippen LogP contribution in [-0.2, 0) is 22.9 Å². The van der Waals surface area contributed by atoms with E-state index in [0.29, 0.717) is 25.6 Å². The predicted molar refractivity (Wildman–Crippen MR) is 109 cm³/mol. The third-order valence-electron chi connectivity index (χ3n) is 4.57. The average molecular weight is 464 g/mol. The van der Waals surface area contributed by atoms with Crippen LogP contribution in [0, 0.1) is 5.92 Å². The van der Waals surface area contributed by atoms with Crippen LogP contribution < -0.4 is 11.1 Å². The van der Waals surface area contributed by atoms with Crippen molar-refractivity contribution < 1.29 is 8.42 Å². The van der Waals surface area contributed by atoms with Crippen molar-refractivity contribution >= 4 is 45.6 Å². The number of nitrogens with zero attached hydrogens (tertiary/aromatic N) is 2. The molecule has 1 aliphatic heterocycles. The van der Waals surface area contributed by atoms with Gasteiger partial charge in [-0.3, -0.25) is 4.99 Å². The van der Waals surface area contributed by atoms with Gasteiger partial charge >= 0.3 is 0 Å². The Hall–Kier alpha value is -0.870. The van der Waals surface area contributed by atoms with Crippen molar-refractivity contribution in [2.75, 3.05) is 30.7 Å². The van der Waals surface area contributed by atoms with Gasteiger partial charge in [0.2, 0.25) is 10.0 Å². The number of halogens is 1. The number of aliphatic imine (C=N–C) groups is 1. The predicted octanol–water partition coefficient (Wildman–Crippen LogP) is 1.80. The molecule has 1 aromatic rings. The molecule has 6 nitrogen and oxygen atoms in total. The topological polar surface area (TPSA) is 87.8 Å². The zero-order valence-electron chi connectivity index (χ0n) is 13.9. The van der Waals surface area contributed by atoms with Crippen molar-refractivity contribution in [3.63, 3.8) is 0 Å². The first-order chi connectivity index (χ1) is 11.0. The van der Waals surface area contributed by atoms with Crippen LogP contribution in [0.2, 0.25) is 0 Å². The summed E-state index contributed by atoms with van der Waals surface area (Å²) >= 11 is 0. The molecule has 0 atom stereocenters. The lowest BCUT2D eigenvalue weighted by molar-refractivity contribution is 0.208. The molecule has 1 saturated heterocycles. The van der Waals surface area contributed by atoms with Crippen LogP contribution in [0.4, 0.5) is 5.69 Å². The molecule has 1 heterocycles. The first-order valence-corrected chi connectivity index (χ1v) is 9.75. The molecule has 24 heavy (non-hydrogen) atoms. The molecule has 1 aliphatic carbocycles. The summed E-state index contributed by atoms with van der Waals surface area (Å²) in [5, 5.41) is 3.12. The van der Waals surface area contributed by atoms with E-state index >= 15 is 0 Å². The van der Waals surface area contributed by atoms with Crippen LogP contribution >= 0.6 is 24.0 Å². The van der Waals surface area contributed by atoms with Crippen molar-refractivity contribution in [1.29, 1.82) is 0 Å². The van der Waals surface area contributed by atoms with E-state index in [4.69, 9.17) is 5.73 Å². The highest BCUT2D eigenvalue weighted by molar-refractivity contribution is 14.0. The van der Waals surface area contributed by atoms with Crippen LogP contribution in [0.5, 0.6) is 0 Å². The number of anilines is 1. The van der Waals surface area contributed by atoms with Gasteiger partial charge in [0.15, 0.2) is 5.96 Å². The summed E-state index contributed by atoms with van der Waals surface area (Å²) in [6, 6.07) is 6.33. The van der Waals surface area contributed by atoms with Crippen LogP contribution in [0.15, 0.2) is 23.2 Å². The fraction of sp³-hybridized carbons (Fsp3) is 0.562. The summed E-state index contributed by atoms with van der Waals surface area (Å²) in [5.41, 5.74) is 9.72. The van der Waals surface area contributed by atoms with Gasteiger partial charge in [-0.2, -0.15) is 0 Å². The van der Waals surface area contributed by atoms with E-state index in [0.717, 1.165) is 18.5 Å². The summed E-state index contributed by atoms with van der Waals surface area (Å²) in [5.74, 6) is 0.807. The minimum Gasteiger partial charge on any atom is -0.370 e. The number of sulfonamides is 1. The molecule has 0 amide bonds. The average Bonchev–Trinajstić information content (AvgIpc) is 2.93. The molecule has 8 heteroatoms. The second-order valence-corrected chi connectivity index (χ2v) is 8.53. The molecule has 0 spiro atoms. The second-order valence-electron chi connectivity index (χ2n) is 6.27. The second kappa shape index (κ2) is 8.01. The molecule has 0 radical (unpaired) electrons. The monoisotopic (exact) mass is 464 g/mol. The lowest BCUT2D eigenvalue weighted by Crippen LogP contribution is -2.51. The van der Waals surface area contributed by atoms with Gasteiger partial charge in [-0.15, -0.1) is 24.0 Å². The minimum absolute atomic E-state index is 0. The Morgan fingerprint density at radius 1 is 1.33 bits per heavy atom. The molecule has 1 aromatic carbocycles. The van der Waals surface area contributed by atoms with Crippen molar-refractivity contribution in [2.24, 2.45) is 16.6 Å². The van der Waals surface area contributed by atoms with Gasteiger partial charge in [0.25, 0.3) is 0 Å². The summed E-state index contributed by atoms with van der Waals surface area (Å²) < 4.78 is 24.8. The molecule has 3 rings (SSSR count). The molecule has 0 unspecified atom stereocenters. The number of hydrogen-bond acceptors (Lipinski definition) is 3. The Morgan fingerprint density at radius 3 is 2.75 bits per heavy atom. The van der Waals surface area contributed by atoms with E-state index in [-0.39, 0.29) is 35.6 Å². The Kier molecular flexibility index (Phi) is 6.49. The molecule has 134 valence electrons. The summed E-state index contributed by atoms with van der Waals surface area (Å²) in [4.78, 5) is 4.34. The maximum atomic E-state index is 11.7. The van der Waals surface area contributed by atoms with E-state index in [1.807, 2.05) is 6.07 Å². The zero-order chi connectivity index (χ0) is 16.4. The van der Waals surface area contributed by atoms with E-state index in [1.54, 1.807) is 6.92 Å². The highest BCUT2D eigenvalue weighted by atomic mass is 127. The number of benzene rings is 1.